The van der Waals surface area contributed by atoms with Crippen LogP contribution >= 0.6 is 0 Å². The quantitative estimate of drug-likeness (QED) is 0.595. The van der Waals surface area contributed by atoms with Crippen molar-refractivity contribution in [2.24, 2.45) is 5.41 Å². The maximum Gasteiger partial charge on any atom is 0.148 e. The molecule has 2 heteroatoms. The third-order valence-electron chi connectivity index (χ3n) is 1.46. The van der Waals surface area contributed by atoms with E-state index in [1.54, 1.807) is 0 Å². The average molecular weight is 172 g/mol. The number of ether oxygens (including phenoxy) is 1. The molecular formula is C10H20O2. The lowest BCUT2D eigenvalue weighted by atomic mass is 9.98. The van der Waals surface area contributed by atoms with Crippen molar-refractivity contribution in [3.63, 3.8) is 0 Å². The van der Waals surface area contributed by atoms with Gasteiger partial charge in [-0.1, -0.05) is 34.1 Å². The first-order valence-corrected chi connectivity index (χ1v) is 4.56. The van der Waals surface area contributed by atoms with E-state index >= 15 is 0 Å². The maximum absolute atomic E-state index is 10.5. The Morgan fingerprint density at radius 1 is 1.42 bits per heavy atom. The van der Waals surface area contributed by atoms with Crippen molar-refractivity contribution in [2.45, 2.75) is 46.6 Å². The Bertz CT molecular complexity index is 124. The summed E-state index contributed by atoms with van der Waals surface area (Å²) in [6, 6.07) is 0. The third-order valence-corrected chi connectivity index (χ3v) is 1.46. The normalized spacial score (nSPS) is 14.3. The van der Waals surface area contributed by atoms with Crippen LogP contribution in [0.4, 0.5) is 0 Å². The molecule has 0 aliphatic rings. The number of aldehydes is 1. The molecule has 1 unspecified atom stereocenters. The first kappa shape index (κ1) is 11.6. The number of rotatable bonds is 5. The lowest BCUT2D eigenvalue weighted by molar-refractivity contribution is -0.120. The van der Waals surface area contributed by atoms with Gasteiger partial charge in [0.05, 0.1) is 6.61 Å². The summed E-state index contributed by atoms with van der Waals surface area (Å²) < 4.78 is 5.43. The van der Waals surface area contributed by atoms with Crippen LogP contribution in [0.1, 0.15) is 40.5 Å². The summed E-state index contributed by atoms with van der Waals surface area (Å²) in [4.78, 5) is 10.5. The highest BCUT2D eigenvalue weighted by Crippen LogP contribution is 2.14. The molecule has 12 heavy (non-hydrogen) atoms. The molecule has 2 nitrogen and oxygen atoms in total. The summed E-state index contributed by atoms with van der Waals surface area (Å²) in [6.45, 7) is 9.00. The highest BCUT2D eigenvalue weighted by Gasteiger charge is 2.14. The molecule has 0 N–H and O–H groups in total. The van der Waals surface area contributed by atoms with E-state index in [1.807, 2.05) is 0 Å². The zero-order valence-electron chi connectivity index (χ0n) is 8.59. The summed E-state index contributed by atoms with van der Waals surface area (Å²) >= 11 is 0. The molecule has 0 fully saturated rings. The maximum atomic E-state index is 10.5. The van der Waals surface area contributed by atoms with E-state index in [9.17, 15) is 4.79 Å². The fourth-order valence-electron chi connectivity index (χ4n) is 0.832. The standard InChI is InChI=1S/C10H20O2/c1-5-6-9(7-11)12-8-10(2,3)4/h7,9H,5-6,8H2,1-4H3. The van der Waals surface area contributed by atoms with Gasteiger partial charge in [0.25, 0.3) is 0 Å². The highest BCUT2D eigenvalue weighted by molar-refractivity contribution is 5.55. The molecule has 0 saturated heterocycles. The van der Waals surface area contributed by atoms with Crippen LogP contribution in [-0.4, -0.2) is 19.0 Å². The van der Waals surface area contributed by atoms with E-state index in [-0.39, 0.29) is 11.5 Å². The fraction of sp³-hybridized carbons (Fsp3) is 0.900. The highest BCUT2D eigenvalue weighted by atomic mass is 16.5. The van der Waals surface area contributed by atoms with Gasteiger partial charge in [0.15, 0.2) is 0 Å². The van der Waals surface area contributed by atoms with Crippen LogP contribution in [0.15, 0.2) is 0 Å². The van der Waals surface area contributed by atoms with Crippen LogP contribution in [-0.2, 0) is 9.53 Å². The van der Waals surface area contributed by atoms with Gasteiger partial charge in [-0.2, -0.15) is 0 Å². The van der Waals surface area contributed by atoms with Gasteiger partial charge in [-0.3, -0.25) is 0 Å². The van der Waals surface area contributed by atoms with Gasteiger partial charge in [-0.15, -0.1) is 0 Å². The first-order valence-electron chi connectivity index (χ1n) is 4.56. The minimum Gasteiger partial charge on any atom is -0.370 e. The van der Waals surface area contributed by atoms with Gasteiger partial charge in [0.2, 0.25) is 0 Å². The van der Waals surface area contributed by atoms with Gasteiger partial charge in [0, 0.05) is 0 Å². The van der Waals surface area contributed by atoms with Gasteiger partial charge >= 0.3 is 0 Å². The Morgan fingerprint density at radius 2 is 2.00 bits per heavy atom. The predicted molar refractivity (Wildman–Crippen MR) is 50.2 cm³/mol. The van der Waals surface area contributed by atoms with Gasteiger partial charge in [0.1, 0.15) is 12.4 Å². The van der Waals surface area contributed by atoms with E-state index < -0.39 is 0 Å². The molecule has 72 valence electrons. The Kier molecular flexibility index (Phi) is 5.14. The SMILES string of the molecule is CCCC(C=O)OCC(C)(C)C. The molecule has 0 heterocycles. The molecule has 0 aromatic heterocycles. The van der Waals surface area contributed by atoms with Crippen molar-refractivity contribution in [2.75, 3.05) is 6.61 Å². The van der Waals surface area contributed by atoms with E-state index in [2.05, 4.69) is 27.7 Å². The second kappa shape index (κ2) is 5.31. The second-order valence-electron chi connectivity index (χ2n) is 4.33. The van der Waals surface area contributed by atoms with E-state index in [0.717, 1.165) is 19.1 Å². The Morgan fingerprint density at radius 3 is 2.33 bits per heavy atom. The molecule has 0 aromatic rings. The molecule has 0 amide bonds. The molecule has 0 saturated carbocycles. The molecule has 0 rings (SSSR count). The fourth-order valence-corrected chi connectivity index (χ4v) is 0.832. The van der Waals surface area contributed by atoms with Gasteiger partial charge in [-0.05, 0) is 11.8 Å². The molecule has 0 aromatic carbocycles. The largest absolute Gasteiger partial charge is 0.370 e. The Balaban J connectivity index is 3.65. The zero-order chi connectivity index (χ0) is 9.61. The lowest BCUT2D eigenvalue weighted by Crippen LogP contribution is -2.22. The number of hydrogen-bond acceptors (Lipinski definition) is 2. The number of carbonyl (C=O) groups excluding carboxylic acids is 1. The molecule has 0 aliphatic carbocycles. The molecule has 0 spiro atoms. The second-order valence-corrected chi connectivity index (χ2v) is 4.33. The summed E-state index contributed by atoms with van der Waals surface area (Å²) in [6.07, 6.45) is 2.52. The summed E-state index contributed by atoms with van der Waals surface area (Å²) in [5.74, 6) is 0. The zero-order valence-corrected chi connectivity index (χ0v) is 8.59. The predicted octanol–water partition coefficient (Wildman–Crippen LogP) is 2.42. The van der Waals surface area contributed by atoms with E-state index in [4.69, 9.17) is 4.74 Å². The summed E-state index contributed by atoms with van der Waals surface area (Å²) in [5.41, 5.74) is 0.148. The Hall–Kier alpha value is -0.370. The van der Waals surface area contributed by atoms with E-state index in [0.29, 0.717) is 6.61 Å². The van der Waals surface area contributed by atoms with Crippen molar-refractivity contribution in [3.8, 4) is 0 Å². The number of hydrogen-bond donors (Lipinski definition) is 0. The van der Waals surface area contributed by atoms with Crippen molar-refractivity contribution in [3.05, 3.63) is 0 Å². The van der Waals surface area contributed by atoms with Gasteiger partial charge < -0.3 is 9.53 Å². The van der Waals surface area contributed by atoms with Crippen LogP contribution in [0.25, 0.3) is 0 Å². The van der Waals surface area contributed by atoms with Crippen LogP contribution in [0.3, 0.4) is 0 Å². The van der Waals surface area contributed by atoms with Crippen LogP contribution in [0.2, 0.25) is 0 Å². The molecule has 0 bridgehead atoms. The summed E-state index contributed by atoms with van der Waals surface area (Å²) in [5, 5.41) is 0. The minimum atomic E-state index is -0.200. The topological polar surface area (TPSA) is 26.3 Å². The van der Waals surface area contributed by atoms with E-state index in [1.165, 1.54) is 0 Å². The Labute approximate surface area is 75.3 Å². The van der Waals surface area contributed by atoms with Crippen LogP contribution in [0.5, 0.6) is 0 Å². The van der Waals surface area contributed by atoms with Crippen LogP contribution in [0, 0.1) is 5.41 Å². The lowest BCUT2D eigenvalue weighted by Gasteiger charge is -2.20. The third kappa shape index (κ3) is 6.35. The smallest absolute Gasteiger partial charge is 0.148 e. The molecular weight excluding hydrogens is 152 g/mol. The van der Waals surface area contributed by atoms with Crippen molar-refractivity contribution in [1.82, 2.24) is 0 Å². The minimum absolute atomic E-state index is 0.148. The van der Waals surface area contributed by atoms with Crippen molar-refractivity contribution < 1.29 is 9.53 Å². The average Bonchev–Trinajstić information content (AvgIpc) is 1.96. The molecule has 1 atom stereocenters. The first-order chi connectivity index (χ1) is 5.49. The van der Waals surface area contributed by atoms with Crippen molar-refractivity contribution in [1.29, 1.82) is 0 Å². The van der Waals surface area contributed by atoms with Crippen molar-refractivity contribution >= 4 is 6.29 Å². The van der Waals surface area contributed by atoms with Crippen LogP contribution < -0.4 is 0 Å². The molecule has 0 radical (unpaired) electrons. The molecule has 0 aliphatic heterocycles. The number of carbonyl (C=O) groups is 1. The summed E-state index contributed by atoms with van der Waals surface area (Å²) in [7, 11) is 0. The van der Waals surface area contributed by atoms with Gasteiger partial charge in [-0.25, -0.2) is 0 Å². The monoisotopic (exact) mass is 172 g/mol.